The molecule has 4 rings (SSSR count). The predicted octanol–water partition coefficient (Wildman–Crippen LogP) is 3.63. The smallest absolute Gasteiger partial charge is 0.138 e. The maximum atomic E-state index is 10.4. The monoisotopic (exact) mass is 325 g/mol. The molecule has 23 heavy (non-hydrogen) atoms. The summed E-state index contributed by atoms with van der Waals surface area (Å²) in [7, 11) is 0. The lowest BCUT2D eigenvalue weighted by atomic mass is 10.1. The van der Waals surface area contributed by atoms with Crippen LogP contribution in [0.4, 0.5) is 5.82 Å². The van der Waals surface area contributed by atoms with Crippen molar-refractivity contribution in [2.45, 2.75) is 32.3 Å². The van der Waals surface area contributed by atoms with E-state index in [0.717, 1.165) is 40.3 Å². The van der Waals surface area contributed by atoms with Crippen LogP contribution < -0.4 is 5.32 Å². The van der Waals surface area contributed by atoms with Gasteiger partial charge in [-0.05, 0) is 37.3 Å². The molecule has 4 nitrogen and oxygen atoms in total. The lowest BCUT2D eigenvalue weighted by Crippen LogP contribution is -2.13. The molecule has 1 atom stereocenters. The first-order valence-corrected chi connectivity index (χ1v) is 8.80. The molecule has 0 spiro atoms. The summed E-state index contributed by atoms with van der Waals surface area (Å²) in [4.78, 5) is 11.7. The van der Waals surface area contributed by atoms with Gasteiger partial charge in [-0.3, -0.25) is 0 Å². The number of aryl methyl sites for hydroxylation is 3. The second kappa shape index (κ2) is 5.91. The zero-order valence-electron chi connectivity index (χ0n) is 13.0. The van der Waals surface area contributed by atoms with E-state index in [1.807, 2.05) is 37.3 Å². The van der Waals surface area contributed by atoms with Crippen LogP contribution in [-0.2, 0) is 12.8 Å². The molecule has 5 heteroatoms. The SMILES string of the molecule is Cc1nc(NC[C@@H](O)c2ccccc2)c2c3c(sc2n1)CCC3. The van der Waals surface area contributed by atoms with Gasteiger partial charge < -0.3 is 10.4 Å². The standard InChI is InChI=1S/C18H19N3OS/c1-11-20-17(19-10-14(22)12-6-3-2-4-7-12)16-13-8-5-9-15(13)23-18(16)21-11/h2-4,6-7,14,22H,5,8-10H2,1H3,(H,19,20,21)/t14-/m1/s1. The minimum Gasteiger partial charge on any atom is -0.387 e. The van der Waals surface area contributed by atoms with E-state index >= 15 is 0 Å². The molecule has 1 aliphatic carbocycles. The number of hydrogen-bond acceptors (Lipinski definition) is 5. The van der Waals surface area contributed by atoms with Crippen LogP contribution in [0.1, 0.15) is 34.4 Å². The number of rotatable bonds is 4. The van der Waals surface area contributed by atoms with E-state index in [9.17, 15) is 5.11 Å². The van der Waals surface area contributed by atoms with E-state index in [0.29, 0.717) is 6.54 Å². The number of aromatic nitrogens is 2. The van der Waals surface area contributed by atoms with Gasteiger partial charge in [0.05, 0.1) is 11.5 Å². The van der Waals surface area contributed by atoms with Gasteiger partial charge in [-0.15, -0.1) is 11.3 Å². The number of aliphatic hydroxyl groups excluding tert-OH is 1. The fourth-order valence-electron chi connectivity index (χ4n) is 3.22. The Kier molecular flexibility index (Phi) is 3.75. The number of nitrogens with one attached hydrogen (secondary N) is 1. The Bertz CT molecular complexity index is 844. The van der Waals surface area contributed by atoms with Crippen LogP contribution in [0.3, 0.4) is 0 Å². The lowest BCUT2D eigenvalue weighted by molar-refractivity contribution is 0.191. The van der Waals surface area contributed by atoms with Gasteiger partial charge in [-0.1, -0.05) is 30.3 Å². The third-order valence-electron chi connectivity index (χ3n) is 4.32. The molecular formula is C18H19N3OS. The van der Waals surface area contributed by atoms with Crippen molar-refractivity contribution in [3.05, 3.63) is 52.2 Å². The molecular weight excluding hydrogens is 306 g/mol. The first-order chi connectivity index (χ1) is 11.2. The van der Waals surface area contributed by atoms with Gasteiger partial charge in [0.25, 0.3) is 0 Å². The normalized spacial score (nSPS) is 14.9. The van der Waals surface area contributed by atoms with Crippen molar-refractivity contribution < 1.29 is 5.11 Å². The molecule has 1 aromatic carbocycles. The number of aliphatic hydroxyl groups is 1. The van der Waals surface area contributed by atoms with Gasteiger partial charge in [0.2, 0.25) is 0 Å². The number of benzene rings is 1. The highest BCUT2D eigenvalue weighted by atomic mass is 32.1. The van der Waals surface area contributed by atoms with Gasteiger partial charge in [-0.2, -0.15) is 0 Å². The fourth-order valence-corrected chi connectivity index (χ4v) is 4.52. The van der Waals surface area contributed by atoms with E-state index in [2.05, 4.69) is 15.3 Å². The summed E-state index contributed by atoms with van der Waals surface area (Å²) in [6.45, 7) is 2.36. The Hall–Kier alpha value is -1.98. The van der Waals surface area contributed by atoms with E-state index in [-0.39, 0.29) is 0 Å². The summed E-state index contributed by atoms with van der Waals surface area (Å²) in [5, 5.41) is 14.9. The lowest BCUT2D eigenvalue weighted by Gasteiger charge is -2.14. The minimum absolute atomic E-state index is 0.445. The Balaban J connectivity index is 1.64. The largest absolute Gasteiger partial charge is 0.387 e. The zero-order valence-corrected chi connectivity index (χ0v) is 13.9. The van der Waals surface area contributed by atoms with Crippen LogP contribution in [-0.4, -0.2) is 21.6 Å². The molecule has 0 saturated carbocycles. The molecule has 0 fully saturated rings. The molecule has 118 valence electrons. The maximum absolute atomic E-state index is 10.4. The number of anilines is 1. The van der Waals surface area contributed by atoms with Crippen molar-refractivity contribution in [2.75, 3.05) is 11.9 Å². The number of thiophene rings is 1. The van der Waals surface area contributed by atoms with E-state index in [1.165, 1.54) is 16.9 Å². The zero-order chi connectivity index (χ0) is 15.8. The van der Waals surface area contributed by atoms with Crippen molar-refractivity contribution in [3.8, 4) is 0 Å². The molecule has 2 aromatic heterocycles. The quantitative estimate of drug-likeness (QED) is 0.769. The summed E-state index contributed by atoms with van der Waals surface area (Å²) >= 11 is 1.79. The molecule has 2 N–H and O–H groups in total. The van der Waals surface area contributed by atoms with Crippen LogP contribution in [0.5, 0.6) is 0 Å². The van der Waals surface area contributed by atoms with Gasteiger partial charge >= 0.3 is 0 Å². The molecule has 0 saturated heterocycles. The van der Waals surface area contributed by atoms with E-state index < -0.39 is 6.10 Å². The van der Waals surface area contributed by atoms with Crippen molar-refractivity contribution >= 4 is 27.4 Å². The number of hydrogen-bond donors (Lipinski definition) is 2. The van der Waals surface area contributed by atoms with Gasteiger partial charge in [0.1, 0.15) is 16.5 Å². The van der Waals surface area contributed by atoms with Crippen LogP contribution >= 0.6 is 11.3 Å². The molecule has 0 unspecified atom stereocenters. The molecule has 0 amide bonds. The molecule has 0 aliphatic heterocycles. The molecule has 3 aromatic rings. The first kappa shape index (κ1) is 14.6. The van der Waals surface area contributed by atoms with Crippen LogP contribution in [0.25, 0.3) is 10.2 Å². The van der Waals surface area contributed by atoms with E-state index in [4.69, 9.17) is 0 Å². The third-order valence-corrected chi connectivity index (χ3v) is 5.51. The van der Waals surface area contributed by atoms with Crippen LogP contribution in [0.2, 0.25) is 0 Å². The minimum atomic E-state index is -0.548. The Morgan fingerprint density at radius 2 is 2.04 bits per heavy atom. The second-order valence-corrected chi connectivity index (χ2v) is 7.05. The molecule has 2 heterocycles. The van der Waals surface area contributed by atoms with Gasteiger partial charge in [0, 0.05) is 11.4 Å². The van der Waals surface area contributed by atoms with Crippen molar-refractivity contribution in [1.29, 1.82) is 0 Å². The highest BCUT2D eigenvalue weighted by Gasteiger charge is 2.22. The summed E-state index contributed by atoms with van der Waals surface area (Å²) < 4.78 is 0. The van der Waals surface area contributed by atoms with Crippen LogP contribution in [0.15, 0.2) is 30.3 Å². The Labute approximate surface area is 139 Å². The summed E-state index contributed by atoms with van der Waals surface area (Å²) in [5.74, 6) is 1.64. The molecule has 0 bridgehead atoms. The number of nitrogens with zero attached hydrogens (tertiary/aromatic N) is 2. The van der Waals surface area contributed by atoms with Crippen molar-refractivity contribution in [1.82, 2.24) is 9.97 Å². The Morgan fingerprint density at radius 1 is 1.22 bits per heavy atom. The second-order valence-electron chi connectivity index (χ2n) is 5.96. The van der Waals surface area contributed by atoms with Crippen molar-refractivity contribution in [3.63, 3.8) is 0 Å². The van der Waals surface area contributed by atoms with Crippen LogP contribution in [0, 0.1) is 6.92 Å². The maximum Gasteiger partial charge on any atom is 0.138 e. The average Bonchev–Trinajstić information content (AvgIpc) is 3.13. The fraction of sp³-hybridized carbons (Fsp3) is 0.333. The summed E-state index contributed by atoms with van der Waals surface area (Å²) in [6.07, 6.45) is 2.93. The Morgan fingerprint density at radius 3 is 2.87 bits per heavy atom. The summed E-state index contributed by atoms with van der Waals surface area (Å²) in [6, 6.07) is 9.72. The van der Waals surface area contributed by atoms with Crippen molar-refractivity contribution in [2.24, 2.45) is 0 Å². The first-order valence-electron chi connectivity index (χ1n) is 7.98. The van der Waals surface area contributed by atoms with E-state index in [1.54, 1.807) is 11.3 Å². The molecule has 0 radical (unpaired) electrons. The molecule has 1 aliphatic rings. The average molecular weight is 325 g/mol. The summed E-state index contributed by atoms with van der Waals surface area (Å²) in [5.41, 5.74) is 2.32. The highest BCUT2D eigenvalue weighted by Crippen LogP contribution is 2.39. The highest BCUT2D eigenvalue weighted by molar-refractivity contribution is 7.19. The predicted molar refractivity (Wildman–Crippen MR) is 94.1 cm³/mol. The number of fused-ring (bicyclic) bond motifs is 3. The third kappa shape index (κ3) is 2.71. The van der Waals surface area contributed by atoms with Gasteiger partial charge in [-0.25, -0.2) is 9.97 Å². The topological polar surface area (TPSA) is 58.0 Å². The van der Waals surface area contributed by atoms with Gasteiger partial charge in [0.15, 0.2) is 0 Å².